The number of thiophene rings is 1. The number of nitrogen functional groups attached to an aromatic ring is 1. The number of ether oxygens (including phenoxy) is 1. The first kappa shape index (κ1) is 23.1. The van der Waals surface area contributed by atoms with E-state index in [-0.39, 0.29) is 6.03 Å². The Morgan fingerprint density at radius 1 is 1.17 bits per heavy atom. The monoisotopic (exact) mass is 507 g/mol. The molecule has 0 spiro atoms. The number of primary amides is 1. The standard InChI is InChI=1S/C25H25N5O3S2/c1-33-17-7-5-16(6-8-17)28-24(32)30-11-10-20-22(14-30)35-25(29-20,23(27)31)18-13-15(4-9-19(18)26)21-3-2-12-34-21/h2-9,12-13,29H,10-11,14,26H2,1H3,(H2,27,31)(H,28,32). The topological polar surface area (TPSA) is 123 Å². The Kier molecular flexibility index (Phi) is 6.08. The van der Waals surface area contributed by atoms with Gasteiger partial charge < -0.3 is 31.7 Å². The van der Waals surface area contributed by atoms with Crippen LogP contribution >= 0.6 is 23.1 Å². The second kappa shape index (κ2) is 9.20. The number of nitrogens with zero attached hydrogens (tertiary/aromatic N) is 1. The summed E-state index contributed by atoms with van der Waals surface area (Å²) < 4.78 is 5.16. The van der Waals surface area contributed by atoms with Gasteiger partial charge in [0.2, 0.25) is 0 Å². The number of hydrogen-bond acceptors (Lipinski definition) is 7. The molecule has 1 unspecified atom stereocenters. The van der Waals surface area contributed by atoms with Gasteiger partial charge in [-0.25, -0.2) is 4.79 Å². The average Bonchev–Trinajstić information content (AvgIpc) is 3.53. The van der Waals surface area contributed by atoms with Crippen molar-refractivity contribution in [1.29, 1.82) is 0 Å². The van der Waals surface area contributed by atoms with Crippen molar-refractivity contribution < 1.29 is 14.3 Å². The smallest absolute Gasteiger partial charge is 0.322 e. The molecule has 8 nitrogen and oxygen atoms in total. The lowest BCUT2D eigenvalue weighted by molar-refractivity contribution is -0.121. The molecule has 0 saturated heterocycles. The first-order valence-electron chi connectivity index (χ1n) is 11.0. The fourth-order valence-corrected chi connectivity index (χ4v) is 6.41. The fraction of sp³-hybridized carbons (Fsp3) is 0.200. The summed E-state index contributed by atoms with van der Waals surface area (Å²) in [7, 11) is 1.60. The van der Waals surface area contributed by atoms with Crippen molar-refractivity contribution in [3.63, 3.8) is 0 Å². The number of rotatable bonds is 5. The van der Waals surface area contributed by atoms with E-state index in [1.165, 1.54) is 11.8 Å². The maximum absolute atomic E-state index is 12.9. The molecule has 1 atom stereocenters. The number of carbonyl (C=O) groups is 2. The van der Waals surface area contributed by atoms with Gasteiger partial charge in [-0.1, -0.05) is 23.9 Å². The first-order chi connectivity index (χ1) is 16.9. The number of nitrogens with two attached hydrogens (primary N) is 2. The van der Waals surface area contributed by atoms with Crippen molar-refractivity contribution in [3.8, 4) is 16.2 Å². The van der Waals surface area contributed by atoms with Crippen LogP contribution in [0.5, 0.6) is 5.75 Å². The molecule has 180 valence electrons. The van der Waals surface area contributed by atoms with Crippen LogP contribution in [0, 0.1) is 0 Å². The molecule has 5 rings (SSSR count). The number of anilines is 2. The predicted molar refractivity (Wildman–Crippen MR) is 141 cm³/mol. The van der Waals surface area contributed by atoms with E-state index in [4.69, 9.17) is 16.2 Å². The Morgan fingerprint density at radius 3 is 2.66 bits per heavy atom. The normalized spacial score (nSPS) is 19.2. The van der Waals surface area contributed by atoms with Crippen LogP contribution < -0.4 is 26.8 Å². The quantitative estimate of drug-likeness (QED) is 0.385. The number of nitrogens with one attached hydrogen (secondary N) is 2. The van der Waals surface area contributed by atoms with Crippen LogP contribution in [0.25, 0.3) is 10.4 Å². The van der Waals surface area contributed by atoms with E-state index in [9.17, 15) is 9.59 Å². The predicted octanol–water partition coefficient (Wildman–Crippen LogP) is 4.13. The van der Waals surface area contributed by atoms with Crippen molar-refractivity contribution in [2.75, 3.05) is 31.2 Å². The third kappa shape index (κ3) is 4.30. The maximum Gasteiger partial charge on any atom is 0.322 e. The van der Waals surface area contributed by atoms with Crippen LogP contribution in [0.2, 0.25) is 0 Å². The first-order valence-corrected chi connectivity index (χ1v) is 12.7. The van der Waals surface area contributed by atoms with Crippen molar-refractivity contribution in [2.45, 2.75) is 11.3 Å². The summed E-state index contributed by atoms with van der Waals surface area (Å²) >= 11 is 2.95. The molecule has 2 aromatic carbocycles. The zero-order valence-electron chi connectivity index (χ0n) is 19.0. The van der Waals surface area contributed by atoms with Crippen molar-refractivity contribution in [3.05, 3.63) is 76.1 Å². The number of carbonyl (C=O) groups excluding carboxylic acids is 2. The zero-order valence-corrected chi connectivity index (χ0v) is 20.7. The van der Waals surface area contributed by atoms with Gasteiger partial charge in [0.05, 0.1) is 13.7 Å². The number of benzene rings is 2. The summed E-state index contributed by atoms with van der Waals surface area (Å²) in [5.74, 6) is 0.190. The number of urea groups is 1. The molecule has 3 aromatic rings. The SMILES string of the molecule is COc1ccc(NC(=O)N2CCC3=C(C2)SC(C(N)=O)(c2cc(-c4cccs4)ccc2N)N3)cc1. The molecule has 0 aliphatic carbocycles. The van der Waals surface area contributed by atoms with E-state index in [0.29, 0.717) is 36.4 Å². The molecular weight excluding hydrogens is 482 g/mol. The minimum Gasteiger partial charge on any atom is -0.497 e. The van der Waals surface area contributed by atoms with Crippen LogP contribution in [-0.2, 0) is 9.67 Å². The summed E-state index contributed by atoms with van der Waals surface area (Å²) in [5, 5.41) is 8.30. The number of methoxy groups -OCH3 is 1. The highest BCUT2D eigenvalue weighted by Crippen LogP contribution is 2.50. The summed E-state index contributed by atoms with van der Waals surface area (Å²) in [6.45, 7) is 0.877. The molecule has 0 radical (unpaired) electrons. The third-order valence-electron chi connectivity index (χ3n) is 6.12. The Labute approximate surface area is 211 Å². The lowest BCUT2D eigenvalue weighted by Crippen LogP contribution is -2.47. The summed E-state index contributed by atoms with van der Waals surface area (Å²) in [4.78, 5) is 28.3. The molecule has 1 aromatic heterocycles. The largest absolute Gasteiger partial charge is 0.497 e. The molecule has 6 N–H and O–H groups in total. The Hall–Kier alpha value is -3.63. The lowest BCUT2D eigenvalue weighted by atomic mass is 9.99. The van der Waals surface area contributed by atoms with Crippen molar-refractivity contribution in [1.82, 2.24) is 10.2 Å². The van der Waals surface area contributed by atoms with E-state index in [1.807, 2.05) is 35.7 Å². The van der Waals surface area contributed by atoms with Crippen LogP contribution in [0.3, 0.4) is 0 Å². The lowest BCUT2D eigenvalue weighted by Gasteiger charge is -2.29. The highest BCUT2D eigenvalue weighted by atomic mass is 32.2. The van der Waals surface area contributed by atoms with Gasteiger partial charge >= 0.3 is 6.03 Å². The van der Waals surface area contributed by atoms with Gasteiger partial charge in [-0.2, -0.15) is 0 Å². The number of amides is 3. The maximum atomic E-state index is 12.9. The molecule has 10 heteroatoms. The molecule has 2 aliphatic rings. The van der Waals surface area contributed by atoms with Gasteiger partial charge in [0.25, 0.3) is 5.91 Å². The van der Waals surface area contributed by atoms with E-state index in [1.54, 1.807) is 47.6 Å². The van der Waals surface area contributed by atoms with E-state index < -0.39 is 10.8 Å². The van der Waals surface area contributed by atoms with Crippen LogP contribution in [-0.4, -0.2) is 37.0 Å². The third-order valence-corrected chi connectivity index (χ3v) is 8.49. The molecule has 0 saturated carbocycles. The average molecular weight is 508 g/mol. The second-order valence-electron chi connectivity index (χ2n) is 8.28. The minimum absolute atomic E-state index is 0.210. The molecule has 0 fully saturated rings. The van der Waals surface area contributed by atoms with Gasteiger partial charge in [-0.15, -0.1) is 11.3 Å². The van der Waals surface area contributed by atoms with Gasteiger partial charge in [0.15, 0.2) is 4.87 Å². The number of thioether (sulfide) groups is 1. The Bertz CT molecular complexity index is 1310. The van der Waals surface area contributed by atoms with Gasteiger partial charge in [0.1, 0.15) is 5.75 Å². The Balaban J connectivity index is 1.36. The highest BCUT2D eigenvalue weighted by Gasteiger charge is 2.48. The minimum atomic E-state index is -1.23. The summed E-state index contributed by atoms with van der Waals surface area (Å²) in [5.41, 5.74) is 16.0. The molecule has 3 heterocycles. The molecule has 0 bridgehead atoms. The van der Waals surface area contributed by atoms with E-state index in [0.717, 1.165) is 26.8 Å². The van der Waals surface area contributed by atoms with E-state index in [2.05, 4.69) is 10.6 Å². The van der Waals surface area contributed by atoms with Gasteiger partial charge in [0, 0.05) is 45.4 Å². The second-order valence-corrected chi connectivity index (χ2v) is 10.5. The van der Waals surface area contributed by atoms with Crippen molar-refractivity contribution in [2.24, 2.45) is 5.73 Å². The fourth-order valence-electron chi connectivity index (χ4n) is 4.26. The van der Waals surface area contributed by atoms with E-state index >= 15 is 0 Å². The van der Waals surface area contributed by atoms with Crippen molar-refractivity contribution >= 4 is 46.4 Å². The van der Waals surface area contributed by atoms with Gasteiger partial charge in [-0.05, 0) is 53.4 Å². The van der Waals surface area contributed by atoms with Crippen LogP contribution in [0.15, 0.2) is 70.6 Å². The summed E-state index contributed by atoms with van der Waals surface area (Å²) in [6.07, 6.45) is 0.581. The summed E-state index contributed by atoms with van der Waals surface area (Å²) in [6, 6.07) is 16.6. The molecular formula is C25H25N5O3S2. The molecule has 35 heavy (non-hydrogen) atoms. The van der Waals surface area contributed by atoms with Crippen LogP contribution in [0.1, 0.15) is 12.0 Å². The molecule has 2 aliphatic heterocycles. The Morgan fingerprint density at radius 2 is 1.97 bits per heavy atom. The zero-order chi connectivity index (χ0) is 24.6. The number of hydrogen-bond donors (Lipinski definition) is 4. The highest BCUT2D eigenvalue weighted by molar-refractivity contribution is 8.05. The molecule has 3 amide bonds. The van der Waals surface area contributed by atoms with Gasteiger partial charge in [-0.3, -0.25) is 4.79 Å². The van der Waals surface area contributed by atoms with Crippen LogP contribution in [0.4, 0.5) is 16.2 Å².